The summed E-state index contributed by atoms with van der Waals surface area (Å²) in [5.74, 6) is 1.32. The van der Waals surface area contributed by atoms with Crippen LogP contribution in [0.1, 0.15) is 33.6 Å². The highest BCUT2D eigenvalue weighted by Gasteiger charge is 2.18. The SMILES string of the molecule is CCCC(C)(C)Nc1nc(N)nc(N(C)C)n1. The van der Waals surface area contributed by atoms with Gasteiger partial charge in [-0.3, -0.25) is 0 Å². The van der Waals surface area contributed by atoms with E-state index in [1.165, 1.54) is 0 Å². The standard InChI is InChI=1S/C11H22N6/c1-6-7-11(2,3)16-9-13-8(12)14-10(15-9)17(4)5/h6-7H2,1-5H3,(H3,12,13,14,15,16). The van der Waals surface area contributed by atoms with Gasteiger partial charge in [0.1, 0.15) is 0 Å². The van der Waals surface area contributed by atoms with Gasteiger partial charge in [-0.15, -0.1) is 0 Å². The highest BCUT2D eigenvalue weighted by atomic mass is 15.3. The second kappa shape index (κ2) is 5.16. The number of aromatic nitrogens is 3. The van der Waals surface area contributed by atoms with Gasteiger partial charge in [0, 0.05) is 19.6 Å². The van der Waals surface area contributed by atoms with Gasteiger partial charge in [0.2, 0.25) is 17.8 Å². The molecule has 1 rings (SSSR count). The van der Waals surface area contributed by atoms with Crippen LogP contribution in [0.5, 0.6) is 0 Å². The van der Waals surface area contributed by atoms with E-state index in [0.717, 1.165) is 12.8 Å². The predicted molar refractivity (Wildman–Crippen MR) is 71.2 cm³/mol. The number of hydrogen-bond donors (Lipinski definition) is 2. The number of nitrogens with one attached hydrogen (secondary N) is 1. The van der Waals surface area contributed by atoms with Crippen LogP contribution in [-0.4, -0.2) is 34.6 Å². The van der Waals surface area contributed by atoms with Crippen molar-refractivity contribution in [3.8, 4) is 0 Å². The fourth-order valence-corrected chi connectivity index (χ4v) is 1.63. The molecule has 3 N–H and O–H groups in total. The van der Waals surface area contributed by atoms with Crippen molar-refractivity contribution >= 4 is 17.8 Å². The van der Waals surface area contributed by atoms with E-state index in [0.29, 0.717) is 11.9 Å². The first-order valence-corrected chi connectivity index (χ1v) is 5.81. The van der Waals surface area contributed by atoms with Gasteiger partial charge in [-0.25, -0.2) is 0 Å². The fourth-order valence-electron chi connectivity index (χ4n) is 1.63. The van der Waals surface area contributed by atoms with Crippen LogP contribution in [0.15, 0.2) is 0 Å². The first kappa shape index (κ1) is 13.5. The second-order valence-corrected chi connectivity index (χ2v) is 4.97. The molecule has 1 heterocycles. The zero-order chi connectivity index (χ0) is 13.1. The number of rotatable bonds is 5. The lowest BCUT2D eigenvalue weighted by Gasteiger charge is -2.26. The number of anilines is 3. The summed E-state index contributed by atoms with van der Waals surface area (Å²) < 4.78 is 0. The average molecular weight is 238 g/mol. The Morgan fingerprint density at radius 1 is 1.24 bits per heavy atom. The van der Waals surface area contributed by atoms with Gasteiger partial charge >= 0.3 is 0 Å². The molecule has 6 heteroatoms. The third-order valence-corrected chi connectivity index (χ3v) is 2.37. The van der Waals surface area contributed by atoms with Crippen molar-refractivity contribution in [2.24, 2.45) is 0 Å². The summed E-state index contributed by atoms with van der Waals surface area (Å²) in [6.07, 6.45) is 2.14. The molecule has 0 radical (unpaired) electrons. The van der Waals surface area contributed by atoms with Crippen molar-refractivity contribution in [3.63, 3.8) is 0 Å². The molecule has 96 valence electrons. The van der Waals surface area contributed by atoms with Gasteiger partial charge in [-0.05, 0) is 20.3 Å². The van der Waals surface area contributed by atoms with Crippen molar-refractivity contribution in [3.05, 3.63) is 0 Å². The van der Waals surface area contributed by atoms with Gasteiger partial charge in [-0.1, -0.05) is 13.3 Å². The van der Waals surface area contributed by atoms with E-state index in [1.54, 1.807) is 4.90 Å². The lowest BCUT2D eigenvalue weighted by molar-refractivity contribution is 0.506. The molecule has 17 heavy (non-hydrogen) atoms. The van der Waals surface area contributed by atoms with Crippen molar-refractivity contribution < 1.29 is 0 Å². The van der Waals surface area contributed by atoms with Crippen LogP contribution in [0.2, 0.25) is 0 Å². The van der Waals surface area contributed by atoms with Gasteiger partial charge in [-0.2, -0.15) is 15.0 Å². The van der Waals surface area contributed by atoms with Crippen LogP contribution < -0.4 is 16.0 Å². The summed E-state index contributed by atoms with van der Waals surface area (Å²) in [7, 11) is 3.74. The average Bonchev–Trinajstić information content (AvgIpc) is 2.15. The van der Waals surface area contributed by atoms with Crippen LogP contribution >= 0.6 is 0 Å². The van der Waals surface area contributed by atoms with Crippen LogP contribution in [0.25, 0.3) is 0 Å². The summed E-state index contributed by atoms with van der Waals surface area (Å²) in [6, 6.07) is 0. The van der Waals surface area contributed by atoms with Crippen LogP contribution in [0, 0.1) is 0 Å². The van der Waals surface area contributed by atoms with Gasteiger partial charge in [0.25, 0.3) is 0 Å². The molecule has 0 aromatic carbocycles. The summed E-state index contributed by atoms with van der Waals surface area (Å²) in [6.45, 7) is 6.38. The Balaban J connectivity index is 2.91. The lowest BCUT2D eigenvalue weighted by Crippen LogP contribution is -2.32. The van der Waals surface area contributed by atoms with E-state index in [9.17, 15) is 0 Å². The molecule has 0 spiro atoms. The number of hydrogen-bond acceptors (Lipinski definition) is 6. The third kappa shape index (κ3) is 4.05. The molecule has 0 fully saturated rings. The summed E-state index contributed by atoms with van der Waals surface area (Å²) in [5, 5.41) is 3.29. The monoisotopic (exact) mass is 238 g/mol. The molecule has 0 aliphatic heterocycles. The van der Waals surface area contributed by atoms with E-state index in [1.807, 2.05) is 14.1 Å². The molecule has 0 saturated heterocycles. The van der Waals surface area contributed by atoms with Crippen molar-refractivity contribution in [1.29, 1.82) is 0 Å². The van der Waals surface area contributed by atoms with Crippen LogP contribution in [0.4, 0.5) is 17.8 Å². The highest BCUT2D eigenvalue weighted by molar-refractivity contribution is 5.41. The molecule has 0 amide bonds. The minimum atomic E-state index is -0.0495. The quantitative estimate of drug-likeness (QED) is 0.809. The smallest absolute Gasteiger partial charge is 0.231 e. The molecule has 0 aliphatic carbocycles. The third-order valence-electron chi connectivity index (χ3n) is 2.37. The topological polar surface area (TPSA) is 80.0 Å². The fraction of sp³-hybridized carbons (Fsp3) is 0.727. The molecule has 1 aromatic rings. The lowest BCUT2D eigenvalue weighted by atomic mass is 9.99. The zero-order valence-corrected chi connectivity index (χ0v) is 11.3. The highest BCUT2D eigenvalue weighted by Crippen LogP contribution is 2.18. The maximum absolute atomic E-state index is 5.66. The summed E-state index contributed by atoms with van der Waals surface area (Å²) >= 11 is 0. The van der Waals surface area contributed by atoms with E-state index < -0.39 is 0 Å². The number of nitrogens with zero attached hydrogens (tertiary/aromatic N) is 4. The summed E-state index contributed by atoms with van der Waals surface area (Å²) in [5.41, 5.74) is 5.61. The van der Waals surface area contributed by atoms with E-state index in [2.05, 4.69) is 41.0 Å². The summed E-state index contributed by atoms with van der Waals surface area (Å²) in [4.78, 5) is 14.3. The molecule has 0 bridgehead atoms. The number of nitrogens with two attached hydrogens (primary N) is 1. The molecular weight excluding hydrogens is 216 g/mol. The Morgan fingerprint density at radius 2 is 1.88 bits per heavy atom. The van der Waals surface area contributed by atoms with E-state index in [-0.39, 0.29) is 11.5 Å². The van der Waals surface area contributed by atoms with Gasteiger partial charge in [0.15, 0.2) is 0 Å². The Kier molecular flexibility index (Phi) is 4.09. The largest absolute Gasteiger partial charge is 0.368 e. The maximum Gasteiger partial charge on any atom is 0.231 e. The Hall–Kier alpha value is -1.59. The Bertz CT molecular complexity index is 374. The molecular formula is C11H22N6. The Morgan fingerprint density at radius 3 is 2.41 bits per heavy atom. The zero-order valence-electron chi connectivity index (χ0n) is 11.3. The second-order valence-electron chi connectivity index (χ2n) is 4.97. The molecule has 0 saturated carbocycles. The van der Waals surface area contributed by atoms with E-state index >= 15 is 0 Å². The van der Waals surface area contributed by atoms with Gasteiger partial charge in [0.05, 0.1) is 0 Å². The van der Waals surface area contributed by atoms with Crippen molar-refractivity contribution in [2.45, 2.75) is 39.2 Å². The maximum atomic E-state index is 5.66. The normalized spacial score (nSPS) is 11.4. The minimum Gasteiger partial charge on any atom is -0.368 e. The van der Waals surface area contributed by atoms with E-state index in [4.69, 9.17) is 5.73 Å². The number of nitrogen functional groups attached to an aromatic ring is 1. The van der Waals surface area contributed by atoms with Crippen LogP contribution in [0.3, 0.4) is 0 Å². The molecule has 0 atom stereocenters. The first-order valence-electron chi connectivity index (χ1n) is 5.81. The van der Waals surface area contributed by atoms with Crippen LogP contribution in [-0.2, 0) is 0 Å². The molecule has 6 nitrogen and oxygen atoms in total. The van der Waals surface area contributed by atoms with Crippen molar-refractivity contribution in [1.82, 2.24) is 15.0 Å². The van der Waals surface area contributed by atoms with Crippen molar-refractivity contribution in [2.75, 3.05) is 30.0 Å². The minimum absolute atomic E-state index is 0.0495. The molecule has 0 unspecified atom stereocenters. The molecule has 0 aliphatic rings. The first-order chi connectivity index (χ1) is 7.84. The molecule has 1 aromatic heterocycles. The predicted octanol–water partition coefficient (Wildman–Crippen LogP) is 1.51. The van der Waals surface area contributed by atoms with Gasteiger partial charge < -0.3 is 16.0 Å². The Labute approximate surface area is 103 Å².